The summed E-state index contributed by atoms with van der Waals surface area (Å²) in [5.74, 6) is -0.864. The number of hydrogen-bond donors (Lipinski definition) is 2. The molecule has 0 spiro atoms. The molecule has 1 aliphatic rings. The third kappa shape index (κ3) is 5.64. The zero-order valence-corrected chi connectivity index (χ0v) is 16.8. The molecule has 1 fully saturated rings. The minimum atomic E-state index is -0.937. The van der Waals surface area contributed by atoms with Gasteiger partial charge < -0.3 is 14.7 Å². The Labute approximate surface area is 169 Å². The van der Waals surface area contributed by atoms with E-state index in [1.165, 1.54) is 11.3 Å². The molecule has 1 aliphatic heterocycles. The van der Waals surface area contributed by atoms with E-state index >= 15 is 0 Å². The summed E-state index contributed by atoms with van der Waals surface area (Å²) in [6, 6.07) is 12.2. The summed E-state index contributed by atoms with van der Waals surface area (Å²) in [5, 5.41) is 12.3. The van der Waals surface area contributed by atoms with Gasteiger partial charge in [-0.2, -0.15) is 0 Å². The van der Waals surface area contributed by atoms with E-state index in [2.05, 4.69) is 17.3 Å². The maximum Gasteiger partial charge on any atom is 0.345 e. The lowest BCUT2D eigenvalue weighted by molar-refractivity contribution is -0.148. The first kappa shape index (κ1) is 20.5. The van der Waals surface area contributed by atoms with Crippen LogP contribution < -0.4 is 5.32 Å². The van der Waals surface area contributed by atoms with Gasteiger partial charge in [0.1, 0.15) is 10.9 Å². The number of carbonyl (C=O) groups is 2. The molecule has 3 rings (SSSR count). The predicted molar refractivity (Wildman–Crippen MR) is 108 cm³/mol. The minimum absolute atomic E-state index is 0.289. The molecular formula is C21H26N2O4S. The number of piperidine rings is 1. The van der Waals surface area contributed by atoms with Crippen LogP contribution in [0.5, 0.6) is 0 Å². The second kappa shape index (κ2) is 9.82. The van der Waals surface area contributed by atoms with Gasteiger partial charge >= 0.3 is 11.9 Å². The van der Waals surface area contributed by atoms with Crippen molar-refractivity contribution in [3.05, 3.63) is 57.8 Å². The fourth-order valence-corrected chi connectivity index (χ4v) is 4.26. The van der Waals surface area contributed by atoms with Gasteiger partial charge in [0.25, 0.3) is 0 Å². The third-order valence-electron chi connectivity index (χ3n) is 4.90. The molecule has 1 aromatic carbocycles. The van der Waals surface area contributed by atoms with Gasteiger partial charge in [0.15, 0.2) is 0 Å². The van der Waals surface area contributed by atoms with Crippen molar-refractivity contribution >= 4 is 23.3 Å². The van der Waals surface area contributed by atoms with Crippen LogP contribution in [0.15, 0.2) is 42.5 Å². The summed E-state index contributed by atoms with van der Waals surface area (Å²) in [6.07, 6.45) is 2.21. The van der Waals surface area contributed by atoms with Gasteiger partial charge in [0.2, 0.25) is 0 Å². The van der Waals surface area contributed by atoms with Crippen molar-refractivity contribution in [1.82, 2.24) is 10.2 Å². The van der Waals surface area contributed by atoms with E-state index < -0.39 is 12.0 Å². The molecule has 1 aromatic heterocycles. The number of benzene rings is 1. The maximum atomic E-state index is 12.8. The molecule has 7 heteroatoms. The first-order valence-corrected chi connectivity index (χ1v) is 10.3. The molecule has 1 unspecified atom stereocenters. The number of hydrogen-bond acceptors (Lipinski definition) is 6. The van der Waals surface area contributed by atoms with Gasteiger partial charge in [-0.3, -0.25) is 5.32 Å². The highest BCUT2D eigenvalue weighted by molar-refractivity contribution is 7.13. The van der Waals surface area contributed by atoms with Crippen LogP contribution in [0.1, 0.15) is 39.0 Å². The van der Waals surface area contributed by atoms with E-state index in [4.69, 9.17) is 9.84 Å². The van der Waals surface area contributed by atoms with E-state index in [1.54, 1.807) is 12.1 Å². The molecule has 2 heterocycles. The first-order chi connectivity index (χ1) is 13.5. The molecule has 2 atom stereocenters. The van der Waals surface area contributed by atoms with Crippen molar-refractivity contribution in [3.8, 4) is 0 Å². The molecule has 0 radical (unpaired) electrons. The van der Waals surface area contributed by atoms with Gasteiger partial charge in [-0.05, 0) is 44.1 Å². The number of esters is 1. The Balaban J connectivity index is 1.62. The van der Waals surface area contributed by atoms with Crippen LogP contribution in [0.3, 0.4) is 0 Å². The fraction of sp³-hybridized carbons (Fsp3) is 0.429. The first-order valence-electron chi connectivity index (χ1n) is 9.48. The Morgan fingerprint density at radius 3 is 2.75 bits per heavy atom. The van der Waals surface area contributed by atoms with Crippen LogP contribution in [-0.4, -0.2) is 48.7 Å². The Morgan fingerprint density at radius 2 is 2.07 bits per heavy atom. The van der Waals surface area contributed by atoms with Crippen molar-refractivity contribution in [2.24, 2.45) is 5.92 Å². The lowest BCUT2D eigenvalue weighted by Gasteiger charge is -2.29. The Hall–Kier alpha value is -2.22. The second-order valence-electron chi connectivity index (χ2n) is 7.20. The lowest BCUT2D eigenvalue weighted by atomic mass is 9.99. The van der Waals surface area contributed by atoms with Gasteiger partial charge in [-0.1, -0.05) is 30.3 Å². The summed E-state index contributed by atoms with van der Waals surface area (Å²) in [7, 11) is 2.09. The van der Waals surface area contributed by atoms with E-state index in [-0.39, 0.29) is 10.8 Å². The van der Waals surface area contributed by atoms with Gasteiger partial charge in [-0.15, -0.1) is 11.3 Å². The number of ether oxygens (including phenoxy) is 1. The van der Waals surface area contributed by atoms with Crippen molar-refractivity contribution < 1.29 is 19.4 Å². The topological polar surface area (TPSA) is 78.9 Å². The number of nitrogens with one attached hydrogen (secondary N) is 1. The number of rotatable bonds is 8. The van der Waals surface area contributed by atoms with Gasteiger partial charge in [-0.25, -0.2) is 9.59 Å². The Bertz CT molecular complexity index is 793. The molecule has 2 aromatic rings. The monoisotopic (exact) mass is 402 g/mol. The largest absolute Gasteiger partial charge is 0.477 e. The zero-order valence-electron chi connectivity index (χ0n) is 16.0. The third-order valence-corrected chi connectivity index (χ3v) is 5.98. The minimum Gasteiger partial charge on any atom is -0.477 e. The smallest absolute Gasteiger partial charge is 0.345 e. The number of thiophene rings is 1. The van der Waals surface area contributed by atoms with Crippen LogP contribution in [0.2, 0.25) is 0 Å². The molecule has 0 aliphatic carbocycles. The SMILES string of the molecule is CN1CCC[C@@H](COC(=O)C(NCc2ccc(C(=O)O)s2)c2ccccc2)C1. The summed E-state index contributed by atoms with van der Waals surface area (Å²) in [4.78, 5) is 27.3. The van der Waals surface area contributed by atoms with E-state index in [1.807, 2.05) is 30.3 Å². The maximum absolute atomic E-state index is 12.8. The highest BCUT2D eigenvalue weighted by Crippen LogP contribution is 2.21. The Morgan fingerprint density at radius 1 is 1.29 bits per heavy atom. The molecule has 28 heavy (non-hydrogen) atoms. The Kier molecular flexibility index (Phi) is 7.19. The number of likely N-dealkylation sites (tertiary alicyclic amines) is 1. The summed E-state index contributed by atoms with van der Waals surface area (Å²) in [6.45, 7) is 2.87. The molecule has 150 valence electrons. The highest BCUT2D eigenvalue weighted by atomic mass is 32.1. The molecule has 1 saturated heterocycles. The van der Waals surface area contributed by atoms with Crippen LogP contribution in [0.25, 0.3) is 0 Å². The number of carboxylic acids is 1. The van der Waals surface area contributed by atoms with Crippen molar-refractivity contribution in [2.45, 2.75) is 25.4 Å². The van der Waals surface area contributed by atoms with Crippen LogP contribution in [0, 0.1) is 5.92 Å². The molecule has 0 saturated carbocycles. The average Bonchev–Trinajstić information content (AvgIpc) is 3.17. The van der Waals surface area contributed by atoms with Crippen molar-refractivity contribution in [1.29, 1.82) is 0 Å². The molecule has 0 amide bonds. The summed E-state index contributed by atoms with van der Waals surface area (Å²) in [5.41, 5.74) is 0.836. The molecule has 0 bridgehead atoms. The summed E-state index contributed by atoms with van der Waals surface area (Å²) >= 11 is 1.21. The van der Waals surface area contributed by atoms with Crippen LogP contribution in [0.4, 0.5) is 0 Å². The fourth-order valence-electron chi connectivity index (χ4n) is 3.47. The molecule has 6 nitrogen and oxygen atoms in total. The quantitative estimate of drug-likeness (QED) is 0.661. The van der Waals surface area contributed by atoms with E-state index in [9.17, 15) is 9.59 Å². The number of carbonyl (C=O) groups excluding carboxylic acids is 1. The van der Waals surface area contributed by atoms with Crippen molar-refractivity contribution in [3.63, 3.8) is 0 Å². The average molecular weight is 403 g/mol. The standard InChI is InChI=1S/C21H26N2O4S/c1-23-11-5-6-15(13-23)14-27-21(26)19(16-7-3-2-4-8-16)22-12-17-9-10-18(28-17)20(24)25/h2-4,7-10,15,19,22H,5-6,11-14H2,1H3,(H,24,25)/t15-,19?/m1/s1. The molecular weight excluding hydrogens is 376 g/mol. The normalized spacial score (nSPS) is 18.5. The van der Waals surface area contributed by atoms with Gasteiger partial charge in [0, 0.05) is 23.9 Å². The lowest BCUT2D eigenvalue weighted by Crippen LogP contribution is -2.36. The number of carboxylic acid groups (broad SMARTS) is 1. The highest BCUT2D eigenvalue weighted by Gasteiger charge is 2.25. The van der Waals surface area contributed by atoms with Crippen molar-refractivity contribution in [2.75, 3.05) is 26.7 Å². The predicted octanol–water partition coefficient (Wildman–Crippen LogP) is 3.16. The van der Waals surface area contributed by atoms with E-state index in [0.717, 1.165) is 36.4 Å². The molecule has 2 N–H and O–H groups in total. The zero-order chi connectivity index (χ0) is 19.9. The van der Waals surface area contributed by atoms with Crippen LogP contribution >= 0.6 is 11.3 Å². The van der Waals surface area contributed by atoms with E-state index in [0.29, 0.717) is 19.1 Å². The van der Waals surface area contributed by atoms with Crippen LogP contribution in [-0.2, 0) is 16.1 Å². The number of nitrogens with zero attached hydrogens (tertiary/aromatic N) is 1. The van der Waals surface area contributed by atoms with Gasteiger partial charge in [0.05, 0.1) is 6.61 Å². The summed E-state index contributed by atoms with van der Waals surface area (Å²) < 4.78 is 5.66. The number of aromatic carboxylic acids is 1. The second-order valence-corrected chi connectivity index (χ2v) is 8.36.